The second kappa shape index (κ2) is 7.25. The Kier molecular flexibility index (Phi) is 4.88. The average molecular weight is 328 g/mol. The number of aromatic nitrogens is 2. The number of para-hydroxylation sites is 1. The molecular formula is C17H20N4O3. The maximum absolute atomic E-state index is 11.6. The van der Waals surface area contributed by atoms with Crippen molar-refractivity contribution in [2.24, 2.45) is 0 Å². The van der Waals surface area contributed by atoms with Crippen LogP contribution in [0.5, 0.6) is 5.88 Å². The summed E-state index contributed by atoms with van der Waals surface area (Å²) in [5.74, 6) is 0.188. The van der Waals surface area contributed by atoms with E-state index in [1.54, 1.807) is 0 Å². The number of aryl methyl sites for hydroxylation is 1. The highest BCUT2D eigenvalue weighted by Crippen LogP contribution is 2.35. The fourth-order valence-corrected chi connectivity index (χ4v) is 2.89. The molecule has 1 N–H and O–H groups in total. The van der Waals surface area contributed by atoms with Crippen molar-refractivity contribution in [3.05, 3.63) is 46.3 Å². The summed E-state index contributed by atoms with van der Waals surface area (Å²) in [5.41, 5.74) is 1.52. The second-order valence-corrected chi connectivity index (χ2v) is 5.95. The van der Waals surface area contributed by atoms with Gasteiger partial charge in [-0.3, -0.25) is 10.1 Å². The lowest BCUT2D eigenvalue weighted by molar-refractivity contribution is -0.385. The van der Waals surface area contributed by atoms with E-state index < -0.39 is 4.92 Å². The molecule has 0 spiro atoms. The second-order valence-electron chi connectivity index (χ2n) is 5.95. The highest BCUT2D eigenvalue weighted by Gasteiger charge is 2.27. The molecule has 7 nitrogen and oxygen atoms in total. The van der Waals surface area contributed by atoms with E-state index in [0.29, 0.717) is 0 Å². The molecule has 0 saturated heterocycles. The van der Waals surface area contributed by atoms with Gasteiger partial charge in [0, 0.05) is 5.69 Å². The van der Waals surface area contributed by atoms with Crippen molar-refractivity contribution in [2.45, 2.75) is 45.1 Å². The number of hydrogen-bond donors (Lipinski definition) is 1. The van der Waals surface area contributed by atoms with Gasteiger partial charge in [-0.2, -0.15) is 4.98 Å². The van der Waals surface area contributed by atoms with Gasteiger partial charge < -0.3 is 10.1 Å². The van der Waals surface area contributed by atoms with Crippen LogP contribution in [0.2, 0.25) is 0 Å². The molecule has 1 aromatic carbocycles. The molecule has 0 atom stereocenters. The number of nitrogens with one attached hydrogen (secondary N) is 1. The minimum absolute atomic E-state index is 0.0151. The van der Waals surface area contributed by atoms with Crippen molar-refractivity contribution in [1.29, 1.82) is 0 Å². The predicted octanol–water partition coefficient (Wildman–Crippen LogP) is 4.15. The molecule has 0 aliphatic heterocycles. The topological polar surface area (TPSA) is 90.2 Å². The molecule has 24 heavy (non-hydrogen) atoms. The van der Waals surface area contributed by atoms with Crippen LogP contribution < -0.4 is 10.1 Å². The Bertz CT molecular complexity index is 730. The molecule has 0 unspecified atom stereocenters. The van der Waals surface area contributed by atoms with Gasteiger partial charge in [-0.15, -0.1) is 0 Å². The largest absolute Gasteiger partial charge is 0.469 e. The highest BCUT2D eigenvalue weighted by molar-refractivity contribution is 5.70. The van der Waals surface area contributed by atoms with Crippen LogP contribution in [0.4, 0.5) is 17.2 Å². The lowest BCUT2D eigenvalue weighted by Gasteiger charge is -2.22. The van der Waals surface area contributed by atoms with Crippen molar-refractivity contribution in [3.8, 4) is 5.88 Å². The first-order chi connectivity index (χ1) is 11.6. The zero-order valence-electron chi connectivity index (χ0n) is 13.6. The molecule has 1 heterocycles. The summed E-state index contributed by atoms with van der Waals surface area (Å²) in [4.78, 5) is 19.1. The Balaban J connectivity index is 1.90. The van der Waals surface area contributed by atoms with Crippen molar-refractivity contribution in [3.63, 3.8) is 0 Å². The summed E-state index contributed by atoms with van der Waals surface area (Å²) in [6, 6.07) is 7.55. The minimum atomic E-state index is -0.487. The number of rotatable bonds is 5. The standard InChI is InChI=1S/C17H20N4O3/c1-12-7-5-6-10-14(12)20-16-15(21(22)23)17(19-11-18-16)24-13-8-3-2-4-9-13/h5-7,10-11,13H,2-4,8-9H2,1H3,(H,18,19,20). The van der Waals surface area contributed by atoms with Gasteiger partial charge in [0.25, 0.3) is 5.88 Å². The average Bonchev–Trinajstić information content (AvgIpc) is 2.58. The van der Waals surface area contributed by atoms with E-state index in [2.05, 4.69) is 15.3 Å². The molecule has 0 bridgehead atoms. The number of nitro groups is 1. The van der Waals surface area contributed by atoms with Crippen LogP contribution in [-0.2, 0) is 0 Å². The smallest absolute Gasteiger partial charge is 0.373 e. The Morgan fingerprint density at radius 3 is 2.67 bits per heavy atom. The number of hydrogen-bond acceptors (Lipinski definition) is 6. The van der Waals surface area contributed by atoms with Gasteiger partial charge in [-0.1, -0.05) is 24.6 Å². The van der Waals surface area contributed by atoms with Crippen LogP contribution in [-0.4, -0.2) is 21.0 Å². The van der Waals surface area contributed by atoms with Crippen LogP contribution in [0.15, 0.2) is 30.6 Å². The summed E-state index contributed by atoms with van der Waals surface area (Å²) in [6.45, 7) is 1.93. The highest BCUT2D eigenvalue weighted by atomic mass is 16.6. The van der Waals surface area contributed by atoms with E-state index in [0.717, 1.165) is 36.9 Å². The molecule has 1 aromatic heterocycles. The third-order valence-corrected chi connectivity index (χ3v) is 4.20. The summed E-state index contributed by atoms with van der Waals surface area (Å²) in [6.07, 6.45) is 6.44. The van der Waals surface area contributed by atoms with Gasteiger partial charge in [0.2, 0.25) is 5.82 Å². The molecule has 0 amide bonds. The molecule has 126 valence electrons. The number of ether oxygens (including phenoxy) is 1. The Labute approximate surface area is 140 Å². The van der Waals surface area contributed by atoms with E-state index in [4.69, 9.17) is 4.74 Å². The number of anilines is 2. The monoisotopic (exact) mass is 328 g/mol. The van der Waals surface area contributed by atoms with Crippen molar-refractivity contribution in [2.75, 3.05) is 5.32 Å². The van der Waals surface area contributed by atoms with E-state index in [-0.39, 0.29) is 23.5 Å². The van der Waals surface area contributed by atoms with Crippen LogP contribution in [0.1, 0.15) is 37.7 Å². The lowest BCUT2D eigenvalue weighted by atomic mass is 9.98. The van der Waals surface area contributed by atoms with Gasteiger partial charge in [-0.25, -0.2) is 4.98 Å². The van der Waals surface area contributed by atoms with Gasteiger partial charge in [0.05, 0.1) is 4.92 Å². The number of nitrogens with zero attached hydrogens (tertiary/aromatic N) is 3. The van der Waals surface area contributed by atoms with Crippen molar-refractivity contribution in [1.82, 2.24) is 9.97 Å². The van der Waals surface area contributed by atoms with Gasteiger partial charge in [0.1, 0.15) is 12.4 Å². The summed E-state index contributed by atoms with van der Waals surface area (Å²) < 4.78 is 5.82. The summed E-state index contributed by atoms with van der Waals surface area (Å²) in [5, 5.41) is 14.6. The molecule has 0 radical (unpaired) electrons. The predicted molar refractivity (Wildman–Crippen MR) is 90.6 cm³/mol. The summed E-state index contributed by atoms with van der Waals surface area (Å²) in [7, 11) is 0. The maximum atomic E-state index is 11.6. The van der Waals surface area contributed by atoms with E-state index >= 15 is 0 Å². The maximum Gasteiger partial charge on any atom is 0.373 e. The van der Waals surface area contributed by atoms with Crippen molar-refractivity contribution >= 4 is 17.2 Å². The zero-order valence-corrected chi connectivity index (χ0v) is 13.6. The van der Waals surface area contributed by atoms with Crippen LogP contribution in [0, 0.1) is 17.0 Å². The molecule has 1 saturated carbocycles. The molecular weight excluding hydrogens is 308 g/mol. The normalized spacial score (nSPS) is 15.0. The fraction of sp³-hybridized carbons (Fsp3) is 0.412. The number of benzene rings is 1. The Morgan fingerprint density at radius 1 is 1.21 bits per heavy atom. The molecule has 3 rings (SSSR count). The molecule has 1 aliphatic carbocycles. The lowest BCUT2D eigenvalue weighted by Crippen LogP contribution is -2.21. The van der Waals surface area contributed by atoms with Gasteiger partial charge >= 0.3 is 5.69 Å². The molecule has 1 aliphatic rings. The third-order valence-electron chi connectivity index (χ3n) is 4.20. The first kappa shape index (κ1) is 16.2. The zero-order chi connectivity index (χ0) is 16.9. The Morgan fingerprint density at radius 2 is 1.96 bits per heavy atom. The van der Waals surface area contributed by atoms with Crippen molar-refractivity contribution < 1.29 is 9.66 Å². The molecule has 2 aromatic rings. The van der Waals surface area contributed by atoms with Gasteiger partial charge in [-0.05, 0) is 44.2 Å². The van der Waals surface area contributed by atoms with Crippen LogP contribution in [0.3, 0.4) is 0 Å². The quantitative estimate of drug-likeness (QED) is 0.655. The van der Waals surface area contributed by atoms with Crippen LogP contribution in [0.25, 0.3) is 0 Å². The van der Waals surface area contributed by atoms with Gasteiger partial charge in [0.15, 0.2) is 0 Å². The molecule has 1 fully saturated rings. The van der Waals surface area contributed by atoms with E-state index in [9.17, 15) is 10.1 Å². The van der Waals surface area contributed by atoms with E-state index in [1.165, 1.54) is 12.7 Å². The fourth-order valence-electron chi connectivity index (χ4n) is 2.89. The summed E-state index contributed by atoms with van der Waals surface area (Å²) >= 11 is 0. The molecule has 7 heteroatoms. The SMILES string of the molecule is Cc1ccccc1Nc1ncnc(OC2CCCCC2)c1[N+](=O)[O-]. The Hall–Kier alpha value is -2.70. The minimum Gasteiger partial charge on any atom is -0.469 e. The first-order valence-corrected chi connectivity index (χ1v) is 8.14. The first-order valence-electron chi connectivity index (χ1n) is 8.14. The van der Waals surface area contributed by atoms with Crippen LogP contribution >= 0.6 is 0 Å². The third kappa shape index (κ3) is 3.61. The van der Waals surface area contributed by atoms with E-state index in [1.807, 2.05) is 31.2 Å².